The van der Waals surface area contributed by atoms with E-state index in [4.69, 9.17) is 20.3 Å². The molecule has 1 aromatic heterocycles. The van der Waals surface area contributed by atoms with Gasteiger partial charge in [0.1, 0.15) is 18.1 Å². The molecule has 174 valence electrons. The maximum atomic E-state index is 11.9. The van der Waals surface area contributed by atoms with Crippen molar-refractivity contribution in [3.63, 3.8) is 0 Å². The van der Waals surface area contributed by atoms with Gasteiger partial charge in [0.05, 0.1) is 5.52 Å². The van der Waals surface area contributed by atoms with Crippen molar-refractivity contribution in [3.05, 3.63) is 48.0 Å². The maximum absolute atomic E-state index is 11.9. The second-order valence-electron chi connectivity index (χ2n) is 8.99. The predicted octanol–water partition coefficient (Wildman–Crippen LogP) is 4.37. The Kier molecular flexibility index (Phi) is 6.60. The summed E-state index contributed by atoms with van der Waals surface area (Å²) in [6.07, 6.45) is 6.91. The number of nitrogens with zero attached hydrogens (tertiary/aromatic N) is 3. The minimum Gasteiger partial charge on any atom is -0.492 e. The molecule has 2 aliphatic heterocycles. The second kappa shape index (κ2) is 9.93. The van der Waals surface area contributed by atoms with E-state index in [2.05, 4.69) is 4.90 Å². The van der Waals surface area contributed by atoms with Gasteiger partial charge in [0.15, 0.2) is 6.23 Å². The molecule has 2 saturated heterocycles. The van der Waals surface area contributed by atoms with Gasteiger partial charge in [-0.25, -0.2) is 4.68 Å². The summed E-state index contributed by atoms with van der Waals surface area (Å²) < 4.78 is 14.1. The number of likely N-dealkylation sites (tertiary alicyclic amines) is 1. The monoisotopic (exact) mass is 448 g/mol. The second-order valence-corrected chi connectivity index (χ2v) is 8.99. The highest BCUT2D eigenvalue weighted by Crippen LogP contribution is 2.34. The van der Waals surface area contributed by atoms with Crippen molar-refractivity contribution in [1.82, 2.24) is 14.7 Å². The first-order valence-electron chi connectivity index (χ1n) is 12.1. The van der Waals surface area contributed by atoms with Crippen molar-refractivity contribution in [2.24, 2.45) is 5.73 Å². The van der Waals surface area contributed by atoms with Crippen LogP contribution in [-0.2, 0) is 4.74 Å². The van der Waals surface area contributed by atoms with E-state index >= 15 is 0 Å². The number of benzene rings is 2. The average molecular weight is 449 g/mol. The number of fused-ring (bicyclic) bond motifs is 1. The Hall–Kier alpha value is -2.90. The standard InChI is InChI=1S/C26H32N4O3/c27-26(31)20-10-11-23-22(18-20)25(28-30(23)24-9-2-5-15-33-24)19-7-6-8-21(17-19)32-16-14-29-12-3-1-4-13-29/h6-8,10-11,17-18,24H,1-5,9,12-16H2,(H2,27,31). The Balaban J connectivity index is 1.43. The summed E-state index contributed by atoms with van der Waals surface area (Å²) in [5.41, 5.74) is 8.75. The Morgan fingerprint density at radius 2 is 1.97 bits per heavy atom. The lowest BCUT2D eigenvalue weighted by Crippen LogP contribution is -2.33. The van der Waals surface area contributed by atoms with Crippen molar-refractivity contribution in [3.8, 4) is 17.0 Å². The molecule has 1 atom stereocenters. The van der Waals surface area contributed by atoms with Crippen LogP contribution in [-0.4, -0.2) is 53.4 Å². The summed E-state index contributed by atoms with van der Waals surface area (Å²) in [7, 11) is 0. The van der Waals surface area contributed by atoms with Gasteiger partial charge >= 0.3 is 0 Å². The lowest BCUT2D eigenvalue weighted by molar-refractivity contribution is -0.0365. The van der Waals surface area contributed by atoms with Crippen molar-refractivity contribution >= 4 is 16.8 Å². The number of carbonyl (C=O) groups excluding carboxylic acids is 1. The summed E-state index contributed by atoms with van der Waals surface area (Å²) >= 11 is 0. The Bertz CT molecular complexity index is 1110. The first-order chi connectivity index (χ1) is 16.2. The third kappa shape index (κ3) is 4.89. The quantitative estimate of drug-likeness (QED) is 0.580. The van der Waals surface area contributed by atoms with Crippen LogP contribution < -0.4 is 10.5 Å². The van der Waals surface area contributed by atoms with Crippen molar-refractivity contribution in [2.75, 3.05) is 32.8 Å². The van der Waals surface area contributed by atoms with Crippen LogP contribution in [0.5, 0.6) is 5.75 Å². The van der Waals surface area contributed by atoms with Crippen LogP contribution in [0.1, 0.15) is 55.1 Å². The first kappa shape index (κ1) is 21.9. The molecule has 7 nitrogen and oxygen atoms in total. The van der Waals surface area contributed by atoms with Crippen molar-refractivity contribution < 1.29 is 14.3 Å². The number of hydrogen-bond donors (Lipinski definition) is 1. The average Bonchev–Trinajstić information content (AvgIpc) is 3.24. The van der Waals surface area contributed by atoms with Crippen LogP contribution in [0.3, 0.4) is 0 Å². The van der Waals surface area contributed by atoms with Crippen LogP contribution in [0.25, 0.3) is 22.2 Å². The van der Waals surface area contributed by atoms with E-state index in [0.29, 0.717) is 12.2 Å². The molecule has 3 heterocycles. The molecule has 1 amide bonds. The lowest BCUT2D eigenvalue weighted by atomic mass is 10.0. The molecule has 0 spiro atoms. The Morgan fingerprint density at radius 1 is 1.09 bits per heavy atom. The van der Waals surface area contributed by atoms with Gasteiger partial charge in [-0.05, 0) is 75.5 Å². The number of ether oxygens (including phenoxy) is 2. The molecule has 0 bridgehead atoms. The SMILES string of the molecule is NC(=O)c1ccc2c(c1)c(-c1cccc(OCCN3CCCCC3)c1)nn2C1CCCCO1. The van der Waals surface area contributed by atoms with Gasteiger partial charge in [-0.2, -0.15) is 5.10 Å². The number of piperidine rings is 1. The highest BCUT2D eigenvalue weighted by molar-refractivity contribution is 6.01. The number of hydrogen-bond acceptors (Lipinski definition) is 5. The molecule has 7 heteroatoms. The molecule has 3 aromatic rings. The van der Waals surface area contributed by atoms with E-state index in [-0.39, 0.29) is 6.23 Å². The molecule has 0 aliphatic carbocycles. The zero-order valence-corrected chi connectivity index (χ0v) is 19.0. The molecule has 1 unspecified atom stereocenters. The molecule has 5 rings (SSSR count). The van der Waals surface area contributed by atoms with Crippen LogP contribution in [0.4, 0.5) is 0 Å². The molecule has 2 fully saturated rings. The van der Waals surface area contributed by atoms with Crippen LogP contribution in [0.15, 0.2) is 42.5 Å². The lowest BCUT2D eigenvalue weighted by Gasteiger charge is -2.26. The van der Waals surface area contributed by atoms with Gasteiger partial charge in [-0.1, -0.05) is 18.6 Å². The van der Waals surface area contributed by atoms with Crippen LogP contribution in [0.2, 0.25) is 0 Å². The number of amides is 1. The highest BCUT2D eigenvalue weighted by atomic mass is 16.5. The van der Waals surface area contributed by atoms with Gasteiger partial charge in [0, 0.05) is 29.7 Å². The normalized spacial score (nSPS) is 19.6. The van der Waals surface area contributed by atoms with E-state index in [1.807, 2.05) is 41.1 Å². The minimum atomic E-state index is -0.445. The fourth-order valence-electron chi connectivity index (χ4n) is 4.85. The van der Waals surface area contributed by atoms with E-state index in [1.165, 1.54) is 19.3 Å². The van der Waals surface area contributed by atoms with Gasteiger partial charge < -0.3 is 15.2 Å². The summed E-state index contributed by atoms with van der Waals surface area (Å²) in [6.45, 7) is 4.68. The Morgan fingerprint density at radius 3 is 2.76 bits per heavy atom. The number of carbonyl (C=O) groups is 1. The fourth-order valence-corrected chi connectivity index (χ4v) is 4.85. The third-order valence-electron chi connectivity index (χ3n) is 6.65. The zero-order valence-electron chi connectivity index (χ0n) is 19.0. The third-order valence-corrected chi connectivity index (χ3v) is 6.65. The fraction of sp³-hybridized carbons (Fsp3) is 0.462. The highest BCUT2D eigenvalue weighted by Gasteiger charge is 2.22. The summed E-state index contributed by atoms with van der Waals surface area (Å²) in [5.74, 6) is 0.381. The van der Waals surface area contributed by atoms with E-state index in [9.17, 15) is 4.79 Å². The minimum absolute atomic E-state index is 0.0987. The number of rotatable bonds is 7. The van der Waals surface area contributed by atoms with Crippen molar-refractivity contribution in [2.45, 2.75) is 44.8 Å². The summed E-state index contributed by atoms with van der Waals surface area (Å²) in [5, 5.41) is 5.85. The van der Waals surface area contributed by atoms with Crippen molar-refractivity contribution in [1.29, 1.82) is 0 Å². The summed E-state index contributed by atoms with van der Waals surface area (Å²) in [4.78, 5) is 14.3. The molecule has 2 N–H and O–H groups in total. The molecule has 0 saturated carbocycles. The molecule has 2 aromatic carbocycles. The number of primary amides is 1. The van der Waals surface area contributed by atoms with E-state index in [1.54, 1.807) is 6.07 Å². The predicted molar refractivity (Wildman–Crippen MR) is 128 cm³/mol. The zero-order chi connectivity index (χ0) is 22.6. The number of aromatic nitrogens is 2. The van der Waals surface area contributed by atoms with Gasteiger partial charge in [-0.15, -0.1) is 0 Å². The van der Waals surface area contributed by atoms with Gasteiger partial charge in [0.25, 0.3) is 0 Å². The molecule has 2 aliphatic rings. The smallest absolute Gasteiger partial charge is 0.248 e. The first-order valence-corrected chi connectivity index (χ1v) is 12.1. The number of nitrogens with two attached hydrogens (primary N) is 1. The van der Waals surface area contributed by atoms with E-state index in [0.717, 1.165) is 73.4 Å². The largest absolute Gasteiger partial charge is 0.492 e. The van der Waals surface area contributed by atoms with Crippen LogP contribution in [0, 0.1) is 0 Å². The Labute approximate surface area is 194 Å². The topological polar surface area (TPSA) is 82.6 Å². The van der Waals surface area contributed by atoms with Crippen LogP contribution >= 0.6 is 0 Å². The summed E-state index contributed by atoms with van der Waals surface area (Å²) in [6, 6.07) is 13.5. The molecular formula is C26H32N4O3. The molecular weight excluding hydrogens is 416 g/mol. The maximum Gasteiger partial charge on any atom is 0.248 e. The van der Waals surface area contributed by atoms with E-state index < -0.39 is 5.91 Å². The molecule has 0 radical (unpaired) electrons. The molecule has 33 heavy (non-hydrogen) atoms. The van der Waals surface area contributed by atoms with Gasteiger partial charge in [0.2, 0.25) is 5.91 Å². The van der Waals surface area contributed by atoms with Gasteiger partial charge in [-0.3, -0.25) is 9.69 Å².